The molecule has 0 saturated carbocycles. The summed E-state index contributed by atoms with van der Waals surface area (Å²) < 4.78 is 11.6. The summed E-state index contributed by atoms with van der Waals surface area (Å²) in [6.07, 6.45) is 1.43. The summed E-state index contributed by atoms with van der Waals surface area (Å²) in [6, 6.07) is 17.4. The number of nitrogens with one attached hydrogen (secondary N) is 2. The zero-order chi connectivity index (χ0) is 26.2. The molecule has 2 amide bonds. The van der Waals surface area contributed by atoms with Gasteiger partial charge >= 0.3 is 0 Å². The number of amides is 2. The summed E-state index contributed by atoms with van der Waals surface area (Å²) in [4.78, 5) is 25.0. The third-order valence-electron chi connectivity index (χ3n) is 5.26. The van der Waals surface area contributed by atoms with Crippen LogP contribution in [0.3, 0.4) is 0 Å². The number of methoxy groups -OCH3 is 1. The number of hydrogen-bond acceptors (Lipinski definition) is 5. The largest absolute Gasteiger partial charge is 0.493 e. The van der Waals surface area contributed by atoms with Crippen LogP contribution in [0.25, 0.3) is 6.08 Å². The lowest BCUT2D eigenvalue weighted by molar-refractivity contribution is -0.118. The maximum absolute atomic E-state index is 12.6. The molecular weight excluding hydrogens is 546 g/mol. The fourth-order valence-electron chi connectivity index (χ4n) is 3.22. The van der Waals surface area contributed by atoms with Crippen LogP contribution in [0, 0.1) is 25.2 Å². The lowest BCUT2D eigenvalue weighted by Crippen LogP contribution is -2.21. The number of anilines is 2. The van der Waals surface area contributed by atoms with Gasteiger partial charge in [-0.3, -0.25) is 9.59 Å². The molecule has 3 aromatic carbocycles. The molecular formula is C27H23BrClN3O4. The van der Waals surface area contributed by atoms with E-state index in [0.717, 1.165) is 16.8 Å². The molecule has 0 atom stereocenters. The molecule has 0 saturated heterocycles. The standard InChI is InChI=1S/C27H23BrClN3O4/c1-16-5-4-6-23(17(16)2)32-25(33)15-36-26-22(28)12-18(13-24(26)35-3)11-19(14-30)27(34)31-21-9-7-20(29)8-10-21/h4-13H,15H2,1-3H3,(H,31,34)(H,32,33)/b19-11-. The van der Waals surface area contributed by atoms with E-state index in [-0.39, 0.29) is 18.1 Å². The van der Waals surface area contributed by atoms with Crippen molar-refractivity contribution in [3.05, 3.63) is 86.4 Å². The van der Waals surface area contributed by atoms with Gasteiger partial charge in [-0.1, -0.05) is 23.7 Å². The molecule has 0 aliphatic heterocycles. The number of hydrogen-bond donors (Lipinski definition) is 2. The summed E-state index contributed by atoms with van der Waals surface area (Å²) in [5, 5.41) is 15.6. The van der Waals surface area contributed by atoms with E-state index >= 15 is 0 Å². The van der Waals surface area contributed by atoms with Crippen LogP contribution in [0.5, 0.6) is 11.5 Å². The highest BCUT2D eigenvalue weighted by atomic mass is 79.9. The SMILES string of the molecule is COc1cc(/C=C(/C#N)C(=O)Nc2ccc(Cl)cc2)cc(Br)c1OCC(=O)Nc1cccc(C)c1C. The van der Waals surface area contributed by atoms with Gasteiger partial charge in [-0.2, -0.15) is 5.26 Å². The molecule has 0 aromatic heterocycles. The number of halogens is 2. The minimum absolute atomic E-state index is 0.111. The van der Waals surface area contributed by atoms with Crippen molar-refractivity contribution in [1.29, 1.82) is 5.26 Å². The van der Waals surface area contributed by atoms with Crippen molar-refractivity contribution < 1.29 is 19.1 Å². The van der Waals surface area contributed by atoms with Crippen molar-refractivity contribution in [3.8, 4) is 17.6 Å². The first kappa shape index (κ1) is 26.8. The maximum atomic E-state index is 12.6. The Bertz CT molecular complexity index is 1360. The molecule has 7 nitrogen and oxygen atoms in total. The molecule has 0 bridgehead atoms. The second-order valence-electron chi connectivity index (χ2n) is 7.75. The number of carbonyl (C=O) groups is 2. The van der Waals surface area contributed by atoms with Gasteiger partial charge in [0.1, 0.15) is 11.6 Å². The van der Waals surface area contributed by atoms with Gasteiger partial charge in [-0.25, -0.2) is 0 Å². The second kappa shape index (κ2) is 12.2. The van der Waals surface area contributed by atoms with Crippen molar-refractivity contribution in [2.45, 2.75) is 13.8 Å². The number of nitrogens with zero attached hydrogens (tertiary/aromatic N) is 1. The molecule has 3 aromatic rings. The zero-order valence-electron chi connectivity index (χ0n) is 19.8. The van der Waals surface area contributed by atoms with E-state index in [1.54, 1.807) is 36.4 Å². The molecule has 9 heteroatoms. The van der Waals surface area contributed by atoms with Crippen molar-refractivity contribution >= 4 is 56.8 Å². The Morgan fingerprint density at radius 2 is 1.83 bits per heavy atom. The van der Waals surface area contributed by atoms with Crippen molar-refractivity contribution in [2.75, 3.05) is 24.4 Å². The Morgan fingerprint density at radius 3 is 2.50 bits per heavy atom. The molecule has 0 spiro atoms. The number of rotatable bonds is 8. The van der Waals surface area contributed by atoms with Crippen LogP contribution < -0.4 is 20.1 Å². The van der Waals surface area contributed by atoms with Crippen LogP contribution in [0.15, 0.2) is 64.6 Å². The summed E-state index contributed by atoms with van der Waals surface area (Å²) >= 11 is 9.29. The monoisotopic (exact) mass is 567 g/mol. The van der Waals surface area contributed by atoms with Crippen molar-refractivity contribution in [2.24, 2.45) is 0 Å². The molecule has 0 aliphatic carbocycles. The lowest BCUT2D eigenvalue weighted by Gasteiger charge is -2.15. The third-order valence-corrected chi connectivity index (χ3v) is 6.10. The van der Waals surface area contributed by atoms with Gasteiger partial charge in [0.25, 0.3) is 11.8 Å². The second-order valence-corrected chi connectivity index (χ2v) is 9.04. The molecule has 0 unspecified atom stereocenters. The molecule has 0 heterocycles. The summed E-state index contributed by atoms with van der Waals surface area (Å²) in [5.74, 6) is -0.258. The molecule has 2 N–H and O–H groups in total. The van der Waals surface area contributed by atoms with E-state index in [9.17, 15) is 14.9 Å². The Balaban J connectivity index is 1.74. The predicted molar refractivity (Wildman–Crippen MR) is 144 cm³/mol. The van der Waals surface area contributed by atoms with Crippen LogP contribution in [-0.2, 0) is 9.59 Å². The number of benzene rings is 3. The molecule has 3 rings (SSSR count). The van der Waals surface area contributed by atoms with Gasteiger partial charge in [0, 0.05) is 16.4 Å². The van der Waals surface area contributed by atoms with E-state index in [2.05, 4.69) is 26.6 Å². The number of ether oxygens (including phenoxy) is 2. The number of carbonyl (C=O) groups excluding carboxylic acids is 2. The highest BCUT2D eigenvalue weighted by molar-refractivity contribution is 9.10. The van der Waals surface area contributed by atoms with Crippen LogP contribution in [-0.4, -0.2) is 25.5 Å². The van der Waals surface area contributed by atoms with E-state index in [1.165, 1.54) is 13.2 Å². The van der Waals surface area contributed by atoms with E-state index < -0.39 is 5.91 Å². The Labute approximate surface area is 222 Å². The van der Waals surface area contributed by atoms with Gasteiger partial charge in [0.15, 0.2) is 18.1 Å². The third kappa shape index (κ3) is 6.87. The van der Waals surface area contributed by atoms with E-state index in [0.29, 0.717) is 32.2 Å². The summed E-state index contributed by atoms with van der Waals surface area (Å²) in [7, 11) is 1.46. The lowest BCUT2D eigenvalue weighted by atomic mass is 10.1. The average molecular weight is 569 g/mol. The zero-order valence-corrected chi connectivity index (χ0v) is 22.2. The first-order chi connectivity index (χ1) is 17.2. The molecule has 184 valence electrons. The van der Waals surface area contributed by atoms with Gasteiger partial charge < -0.3 is 20.1 Å². The number of aryl methyl sites for hydroxylation is 1. The minimum atomic E-state index is -0.571. The van der Waals surface area contributed by atoms with Gasteiger partial charge in [-0.05, 0) is 95.0 Å². The molecule has 0 radical (unpaired) electrons. The average Bonchev–Trinajstić information content (AvgIpc) is 2.85. The topological polar surface area (TPSA) is 100 Å². The highest BCUT2D eigenvalue weighted by Gasteiger charge is 2.16. The van der Waals surface area contributed by atoms with Crippen LogP contribution in [0.4, 0.5) is 11.4 Å². The Hall–Kier alpha value is -3.80. The smallest absolute Gasteiger partial charge is 0.266 e. The van der Waals surface area contributed by atoms with Crippen molar-refractivity contribution in [1.82, 2.24) is 0 Å². The first-order valence-electron chi connectivity index (χ1n) is 10.8. The predicted octanol–water partition coefficient (Wildman–Crippen LogP) is 6.29. The first-order valence-corrected chi connectivity index (χ1v) is 11.9. The molecule has 0 aliphatic rings. The summed E-state index contributed by atoms with van der Waals surface area (Å²) in [5.41, 5.74) is 3.69. The van der Waals surface area contributed by atoms with Gasteiger partial charge in [0.05, 0.1) is 11.6 Å². The molecule has 36 heavy (non-hydrogen) atoms. The maximum Gasteiger partial charge on any atom is 0.266 e. The fourth-order valence-corrected chi connectivity index (χ4v) is 3.92. The summed E-state index contributed by atoms with van der Waals surface area (Å²) in [6.45, 7) is 3.66. The highest BCUT2D eigenvalue weighted by Crippen LogP contribution is 2.37. The van der Waals surface area contributed by atoms with E-state index in [1.807, 2.05) is 38.1 Å². The quantitative estimate of drug-likeness (QED) is 0.246. The Morgan fingerprint density at radius 1 is 1.11 bits per heavy atom. The normalized spacial score (nSPS) is 10.8. The number of nitriles is 1. The van der Waals surface area contributed by atoms with Crippen LogP contribution >= 0.6 is 27.5 Å². The van der Waals surface area contributed by atoms with E-state index in [4.69, 9.17) is 21.1 Å². The Kier molecular flexibility index (Phi) is 9.12. The minimum Gasteiger partial charge on any atom is -0.493 e. The van der Waals surface area contributed by atoms with Crippen molar-refractivity contribution in [3.63, 3.8) is 0 Å². The van der Waals surface area contributed by atoms with Crippen LogP contribution in [0.2, 0.25) is 5.02 Å². The van der Waals surface area contributed by atoms with Gasteiger partial charge in [-0.15, -0.1) is 0 Å². The molecule has 0 fully saturated rings. The van der Waals surface area contributed by atoms with Gasteiger partial charge in [0.2, 0.25) is 0 Å². The van der Waals surface area contributed by atoms with Crippen LogP contribution in [0.1, 0.15) is 16.7 Å². The fraction of sp³-hybridized carbons (Fsp3) is 0.148.